The van der Waals surface area contributed by atoms with E-state index in [1.54, 1.807) is 0 Å². The highest BCUT2D eigenvalue weighted by Gasteiger charge is 2.20. The molecule has 0 spiro atoms. The summed E-state index contributed by atoms with van der Waals surface area (Å²) >= 11 is 0. The van der Waals surface area contributed by atoms with Gasteiger partial charge in [0.2, 0.25) is 0 Å². The SMILES string of the molecule is CC(CC=O)c1cccc(C(C)(C)CO)c1. The summed E-state index contributed by atoms with van der Waals surface area (Å²) in [5.41, 5.74) is 2.05. The molecule has 1 rings (SSSR count). The number of carbonyl (C=O) groups excluding carboxylic acids is 1. The highest BCUT2D eigenvalue weighted by Crippen LogP contribution is 2.26. The van der Waals surface area contributed by atoms with Crippen LogP contribution < -0.4 is 0 Å². The van der Waals surface area contributed by atoms with E-state index < -0.39 is 0 Å². The monoisotopic (exact) mass is 220 g/mol. The van der Waals surface area contributed by atoms with E-state index in [1.807, 2.05) is 39.0 Å². The van der Waals surface area contributed by atoms with Crippen LogP contribution in [-0.4, -0.2) is 18.0 Å². The molecule has 1 aromatic rings. The molecule has 0 saturated heterocycles. The van der Waals surface area contributed by atoms with Crippen molar-refractivity contribution in [1.82, 2.24) is 0 Å². The van der Waals surface area contributed by atoms with Crippen molar-refractivity contribution in [2.24, 2.45) is 0 Å². The summed E-state index contributed by atoms with van der Waals surface area (Å²) in [5, 5.41) is 9.32. The van der Waals surface area contributed by atoms with Crippen molar-refractivity contribution < 1.29 is 9.90 Å². The van der Waals surface area contributed by atoms with E-state index in [9.17, 15) is 9.90 Å². The number of aliphatic hydroxyl groups excluding tert-OH is 1. The van der Waals surface area contributed by atoms with Gasteiger partial charge in [-0.1, -0.05) is 45.0 Å². The van der Waals surface area contributed by atoms with E-state index in [1.165, 1.54) is 0 Å². The van der Waals surface area contributed by atoms with Crippen LogP contribution in [0.25, 0.3) is 0 Å². The normalized spacial score (nSPS) is 13.5. The number of aldehydes is 1. The zero-order chi connectivity index (χ0) is 12.2. The topological polar surface area (TPSA) is 37.3 Å². The summed E-state index contributed by atoms with van der Waals surface area (Å²) in [6.45, 7) is 6.19. The maximum Gasteiger partial charge on any atom is 0.120 e. The molecule has 2 heteroatoms. The van der Waals surface area contributed by atoms with Crippen LogP contribution in [0.4, 0.5) is 0 Å². The van der Waals surface area contributed by atoms with Gasteiger partial charge in [-0.25, -0.2) is 0 Å². The standard InChI is InChI=1S/C14H20O2/c1-11(7-8-15)12-5-4-6-13(9-12)14(2,3)10-16/h4-6,8-9,11,16H,7,10H2,1-3H3. The Kier molecular flexibility index (Phi) is 4.25. The Hall–Kier alpha value is -1.15. The van der Waals surface area contributed by atoms with Crippen LogP contribution in [-0.2, 0) is 10.2 Å². The van der Waals surface area contributed by atoms with Crippen LogP contribution in [0.5, 0.6) is 0 Å². The highest BCUT2D eigenvalue weighted by molar-refractivity contribution is 5.51. The maximum atomic E-state index is 10.5. The summed E-state index contributed by atoms with van der Waals surface area (Å²) < 4.78 is 0. The third-order valence-electron chi connectivity index (χ3n) is 3.08. The number of hydrogen-bond donors (Lipinski definition) is 1. The molecule has 0 aliphatic heterocycles. The lowest BCUT2D eigenvalue weighted by molar-refractivity contribution is -0.108. The molecule has 0 saturated carbocycles. The maximum absolute atomic E-state index is 10.5. The molecule has 1 atom stereocenters. The van der Waals surface area contributed by atoms with Gasteiger partial charge in [0.15, 0.2) is 0 Å². The molecule has 1 aromatic carbocycles. The van der Waals surface area contributed by atoms with Crippen molar-refractivity contribution in [2.75, 3.05) is 6.61 Å². The molecule has 0 amide bonds. The van der Waals surface area contributed by atoms with E-state index in [-0.39, 0.29) is 17.9 Å². The van der Waals surface area contributed by atoms with Gasteiger partial charge in [0.25, 0.3) is 0 Å². The Morgan fingerprint density at radius 1 is 1.44 bits per heavy atom. The van der Waals surface area contributed by atoms with Gasteiger partial charge in [-0.3, -0.25) is 0 Å². The van der Waals surface area contributed by atoms with Gasteiger partial charge in [-0.15, -0.1) is 0 Å². The van der Waals surface area contributed by atoms with E-state index in [4.69, 9.17) is 0 Å². The summed E-state index contributed by atoms with van der Waals surface area (Å²) in [6, 6.07) is 8.13. The van der Waals surface area contributed by atoms with Gasteiger partial charge >= 0.3 is 0 Å². The lowest BCUT2D eigenvalue weighted by atomic mass is 9.83. The largest absolute Gasteiger partial charge is 0.395 e. The average Bonchev–Trinajstić information content (AvgIpc) is 2.29. The third-order valence-corrected chi connectivity index (χ3v) is 3.08. The Morgan fingerprint density at radius 3 is 2.69 bits per heavy atom. The fourth-order valence-corrected chi connectivity index (χ4v) is 1.64. The summed E-state index contributed by atoms with van der Waals surface area (Å²) in [6.07, 6.45) is 1.50. The Labute approximate surface area is 97.3 Å². The smallest absolute Gasteiger partial charge is 0.120 e. The van der Waals surface area contributed by atoms with Crippen LogP contribution in [0.15, 0.2) is 24.3 Å². The second-order valence-electron chi connectivity index (χ2n) is 4.97. The number of benzene rings is 1. The molecule has 0 aliphatic rings. The van der Waals surface area contributed by atoms with Crippen LogP contribution in [0.2, 0.25) is 0 Å². The minimum atomic E-state index is -0.225. The van der Waals surface area contributed by atoms with E-state index >= 15 is 0 Å². The zero-order valence-electron chi connectivity index (χ0n) is 10.2. The summed E-state index contributed by atoms with van der Waals surface area (Å²) in [7, 11) is 0. The third kappa shape index (κ3) is 2.92. The zero-order valence-corrected chi connectivity index (χ0v) is 10.2. The first-order valence-electron chi connectivity index (χ1n) is 5.66. The Morgan fingerprint density at radius 2 is 2.12 bits per heavy atom. The Balaban J connectivity index is 2.99. The lowest BCUT2D eigenvalue weighted by Crippen LogP contribution is -2.22. The molecule has 0 fully saturated rings. The first-order chi connectivity index (χ1) is 7.51. The van der Waals surface area contributed by atoms with Crippen molar-refractivity contribution in [3.63, 3.8) is 0 Å². The van der Waals surface area contributed by atoms with Gasteiger partial charge in [0.1, 0.15) is 6.29 Å². The predicted octanol–water partition coefficient (Wildman–Crippen LogP) is 2.65. The number of rotatable bonds is 5. The molecule has 1 unspecified atom stereocenters. The fraction of sp³-hybridized carbons (Fsp3) is 0.500. The van der Waals surface area contributed by atoms with Crippen molar-refractivity contribution in [3.8, 4) is 0 Å². The molecule has 0 radical (unpaired) electrons. The van der Waals surface area contributed by atoms with Gasteiger partial charge in [0.05, 0.1) is 6.61 Å². The first kappa shape index (κ1) is 12.9. The molecular formula is C14H20O2. The van der Waals surface area contributed by atoms with Crippen molar-refractivity contribution in [2.45, 2.75) is 38.5 Å². The second-order valence-corrected chi connectivity index (χ2v) is 4.97. The van der Waals surface area contributed by atoms with Crippen LogP contribution in [0.3, 0.4) is 0 Å². The molecule has 2 nitrogen and oxygen atoms in total. The van der Waals surface area contributed by atoms with Crippen LogP contribution >= 0.6 is 0 Å². The van der Waals surface area contributed by atoms with E-state index in [0.29, 0.717) is 6.42 Å². The minimum Gasteiger partial charge on any atom is -0.395 e. The highest BCUT2D eigenvalue weighted by atomic mass is 16.3. The molecule has 0 heterocycles. The number of carbonyl (C=O) groups is 1. The molecule has 16 heavy (non-hydrogen) atoms. The number of aliphatic hydroxyl groups is 1. The molecule has 1 N–H and O–H groups in total. The summed E-state index contributed by atoms with van der Waals surface area (Å²) in [5.74, 6) is 0.243. The second kappa shape index (κ2) is 5.26. The van der Waals surface area contributed by atoms with Gasteiger partial charge in [-0.2, -0.15) is 0 Å². The molecular weight excluding hydrogens is 200 g/mol. The van der Waals surface area contributed by atoms with Gasteiger partial charge in [0, 0.05) is 11.8 Å². The van der Waals surface area contributed by atoms with Gasteiger partial charge in [-0.05, 0) is 17.0 Å². The first-order valence-corrected chi connectivity index (χ1v) is 5.66. The average molecular weight is 220 g/mol. The lowest BCUT2D eigenvalue weighted by Gasteiger charge is -2.23. The van der Waals surface area contributed by atoms with Gasteiger partial charge < -0.3 is 9.90 Å². The minimum absolute atomic E-state index is 0.124. The van der Waals surface area contributed by atoms with Crippen molar-refractivity contribution >= 4 is 6.29 Å². The quantitative estimate of drug-likeness (QED) is 0.774. The predicted molar refractivity (Wildman–Crippen MR) is 65.6 cm³/mol. The molecule has 0 bridgehead atoms. The Bertz CT molecular complexity index is 356. The van der Waals surface area contributed by atoms with Crippen molar-refractivity contribution in [1.29, 1.82) is 0 Å². The van der Waals surface area contributed by atoms with Crippen LogP contribution in [0, 0.1) is 0 Å². The number of hydrogen-bond acceptors (Lipinski definition) is 2. The summed E-state index contributed by atoms with van der Waals surface area (Å²) in [4.78, 5) is 10.5. The molecule has 0 aliphatic carbocycles. The molecule has 88 valence electrons. The van der Waals surface area contributed by atoms with Crippen molar-refractivity contribution in [3.05, 3.63) is 35.4 Å². The van der Waals surface area contributed by atoms with E-state index in [2.05, 4.69) is 6.07 Å². The fourth-order valence-electron chi connectivity index (χ4n) is 1.64. The van der Waals surface area contributed by atoms with Crippen LogP contribution in [0.1, 0.15) is 44.2 Å². The van der Waals surface area contributed by atoms with E-state index in [0.717, 1.165) is 17.4 Å². The molecule has 0 aromatic heterocycles.